The van der Waals surface area contributed by atoms with Crippen LogP contribution in [0.15, 0.2) is 42.7 Å². The van der Waals surface area contributed by atoms with E-state index in [0.717, 1.165) is 11.3 Å². The van der Waals surface area contributed by atoms with Gasteiger partial charge in [-0.05, 0) is 19.2 Å². The average molecular weight is 313 g/mol. The van der Waals surface area contributed by atoms with Crippen LogP contribution >= 0.6 is 0 Å². The van der Waals surface area contributed by atoms with E-state index < -0.39 is 0 Å². The molecule has 1 aliphatic rings. The first-order valence-corrected chi connectivity index (χ1v) is 7.49. The molecule has 0 saturated carbocycles. The predicted octanol–water partition coefficient (Wildman–Crippen LogP) is 1.20. The van der Waals surface area contributed by atoms with Crippen LogP contribution in [0, 0.1) is 0 Å². The van der Waals surface area contributed by atoms with Gasteiger partial charge in [0.2, 0.25) is 5.91 Å². The molecule has 120 valence electrons. The molecular weight excluding hydrogens is 294 g/mol. The molecule has 3 amide bonds. The molecule has 2 aromatic rings. The van der Waals surface area contributed by atoms with E-state index in [2.05, 4.69) is 10.4 Å². The first-order chi connectivity index (χ1) is 11.1. The van der Waals surface area contributed by atoms with Crippen molar-refractivity contribution in [3.8, 4) is 5.69 Å². The van der Waals surface area contributed by atoms with Crippen molar-refractivity contribution in [2.75, 3.05) is 20.3 Å². The Morgan fingerprint density at radius 3 is 2.78 bits per heavy atom. The van der Waals surface area contributed by atoms with Crippen molar-refractivity contribution in [3.63, 3.8) is 0 Å². The van der Waals surface area contributed by atoms with Crippen molar-refractivity contribution in [1.82, 2.24) is 24.9 Å². The molecule has 23 heavy (non-hydrogen) atoms. The minimum Gasteiger partial charge on any atom is -0.337 e. The molecule has 1 fully saturated rings. The number of carbonyl (C=O) groups excluding carboxylic acids is 2. The lowest BCUT2D eigenvalue weighted by atomic mass is 10.3. The van der Waals surface area contributed by atoms with Crippen LogP contribution in [-0.4, -0.2) is 51.8 Å². The van der Waals surface area contributed by atoms with Gasteiger partial charge in [0.25, 0.3) is 0 Å². The first kappa shape index (κ1) is 15.2. The highest BCUT2D eigenvalue weighted by atomic mass is 16.2. The van der Waals surface area contributed by atoms with E-state index in [4.69, 9.17) is 0 Å². The van der Waals surface area contributed by atoms with Gasteiger partial charge in [0.15, 0.2) is 0 Å². The molecule has 1 N–H and O–H groups in total. The van der Waals surface area contributed by atoms with Gasteiger partial charge in [0, 0.05) is 31.3 Å². The molecule has 0 unspecified atom stereocenters. The third-order valence-electron chi connectivity index (χ3n) is 3.65. The van der Waals surface area contributed by atoms with E-state index in [-0.39, 0.29) is 18.6 Å². The fourth-order valence-electron chi connectivity index (χ4n) is 2.53. The molecule has 0 radical (unpaired) electrons. The second-order valence-corrected chi connectivity index (χ2v) is 5.59. The quantitative estimate of drug-likeness (QED) is 0.900. The molecule has 7 heteroatoms. The monoisotopic (exact) mass is 313 g/mol. The van der Waals surface area contributed by atoms with Gasteiger partial charge in [0.05, 0.1) is 18.6 Å². The first-order valence-electron chi connectivity index (χ1n) is 7.49. The minimum absolute atomic E-state index is 0.138. The van der Waals surface area contributed by atoms with Crippen molar-refractivity contribution in [2.45, 2.75) is 13.0 Å². The second kappa shape index (κ2) is 6.62. The van der Waals surface area contributed by atoms with E-state index in [0.29, 0.717) is 19.5 Å². The molecule has 0 spiro atoms. The number of hydrogen-bond donors (Lipinski definition) is 1. The number of imide groups is 1. The van der Waals surface area contributed by atoms with E-state index in [1.54, 1.807) is 6.20 Å². The van der Waals surface area contributed by atoms with Gasteiger partial charge in [-0.1, -0.05) is 18.2 Å². The number of aromatic nitrogens is 2. The number of benzene rings is 1. The highest BCUT2D eigenvalue weighted by Gasteiger charge is 2.26. The number of rotatable bonds is 5. The maximum atomic E-state index is 11.8. The van der Waals surface area contributed by atoms with E-state index in [1.807, 2.05) is 53.2 Å². The number of urea groups is 1. The van der Waals surface area contributed by atoms with Gasteiger partial charge in [-0.2, -0.15) is 5.10 Å². The molecule has 1 aromatic carbocycles. The minimum atomic E-state index is -0.326. The standard InChI is InChI=1S/C16H19N5O2/c1-19(12-20-15(22)7-8-17-16(20)23)10-13-9-18-21(11-13)14-5-3-2-4-6-14/h2-6,9,11H,7-8,10,12H2,1H3,(H,17,23). The molecule has 1 saturated heterocycles. The number of nitrogens with zero attached hydrogens (tertiary/aromatic N) is 4. The van der Waals surface area contributed by atoms with Gasteiger partial charge in [0.1, 0.15) is 0 Å². The van der Waals surface area contributed by atoms with Gasteiger partial charge in [-0.3, -0.25) is 14.6 Å². The van der Waals surface area contributed by atoms with Gasteiger partial charge in [-0.25, -0.2) is 9.48 Å². The third kappa shape index (κ3) is 3.57. The van der Waals surface area contributed by atoms with Crippen molar-refractivity contribution in [1.29, 1.82) is 0 Å². The Labute approximate surface area is 134 Å². The zero-order valence-corrected chi connectivity index (χ0v) is 13.0. The second-order valence-electron chi connectivity index (χ2n) is 5.59. The highest BCUT2D eigenvalue weighted by molar-refractivity contribution is 5.96. The van der Waals surface area contributed by atoms with Crippen LogP contribution in [0.4, 0.5) is 4.79 Å². The summed E-state index contributed by atoms with van der Waals surface area (Å²) in [5, 5.41) is 7.03. The van der Waals surface area contributed by atoms with Crippen LogP contribution in [0.2, 0.25) is 0 Å². The zero-order valence-electron chi connectivity index (χ0n) is 13.0. The van der Waals surface area contributed by atoms with Crippen LogP contribution in [0.3, 0.4) is 0 Å². The zero-order chi connectivity index (χ0) is 16.2. The Hall–Kier alpha value is -2.67. The number of carbonyl (C=O) groups is 2. The number of nitrogens with one attached hydrogen (secondary N) is 1. The topological polar surface area (TPSA) is 70.5 Å². The molecule has 3 rings (SSSR count). The Morgan fingerprint density at radius 1 is 1.26 bits per heavy atom. The maximum absolute atomic E-state index is 11.8. The van der Waals surface area contributed by atoms with Gasteiger partial charge in [-0.15, -0.1) is 0 Å². The summed E-state index contributed by atoms with van der Waals surface area (Å²) < 4.78 is 1.81. The summed E-state index contributed by atoms with van der Waals surface area (Å²) in [6.45, 7) is 1.28. The smallest absolute Gasteiger partial charge is 0.325 e. The molecule has 1 aromatic heterocycles. The molecule has 7 nitrogen and oxygen atoms in total. The van der Waals surface area contributed by atoms with Crippen LogP contribution < -0.4 is 5.32 Å². The lowest BCUT2D eigenvalue weighted by molar-refractivity contribution is -0.130. The SMILES string of the molecule is CN(Cc1cnn(-c2ccccc2)c1)CN1C(=O)CCNC1=O. The number of para-hydroxylation sites is 1. The van der Waals surface area contributed by atoms with E-state index >= 15 is 0 Å². The highest BCUT2D eigenvalue weighted by Crippen LogP contribution is 2.10. The summed E-state index contributed by atoms with van der Waals surface area (Å²) in [5.74, 6) is -0.138. The fraction of sp³-hybridized carbons (Fsp3) is 0.312. The Kier molecular flexibility index (Phi) is 4.38. The molecule has 1 aliphatic heterocycles. The van der Waals surface area contributed by atoms with Crippen molar-refractivity contribution in [3.05, 3.63) is 48.3 Å². The maximum Gasteiger partial charge on any atom is 0.325 e. The summed E-state index contributed by atoms with van der Waals surface area (Å²) in [4.78, 5) is 26.7. The summed E-state index contributed by atoms with van der Waals surface area (Å²) >= 11 is 0. The van der Waals surface area contributed by atoms with Crippen molar-refractivity contribution in [2.24, 2.45) is 0 Å². The molecule has 0 atom stereocenters. The summed E-state index contributed by atoms with van der Waals surface area (Å²) in [6.07, 6.45) is 4.09. The van der Waals surface area contributed by atoms with Gasteiger partial charge >= 0.3 is 6.03 Å². The summed E-state index contributed by atoms with van der Waals surface area (Å²) in [5.41, 5.74) is 2.01. The fourth-order valence-corrected chi connectivity index (χ4v) is 2.53. The largest absolute Gasteiger partial charge is 0.337 e. The van der Waals surface area contributed by atoms with Crippen molar-refractivity contribution < 1.29 is 9.59 Å². The van der Waals surface area contributed by atoms with Crippen LogP contribution in [0.5, 0.6) is 0 Å². The number of amides is 3. The third-order valence-corrected chi connectivity index (χ3v) is 3.65. The molecule has 0 aliphatic carbocycles. The van der Waals surface area contributed by atoms with Crippen molar-refractivity contribution >= 4 is 11.9 Å². The van der Waals surface area contributed by atoms with Crippen LogP contribution in [0.1, 0.15) is 12.0 Å². The number of hydrogen-bond acceptors (Lipinski definition) is 4. The summed E-state index contributed by atoms with van der Waals surface area (Å²) in [6, 6.07) is 9.52. The van der Waals surface area contributed by atoms with Crippen LogP contribution in [-0.2, 0) is 11.3 Å². The van der Waals surface area contributed by atoms with E-state index in [9.17, 15) is 9.59 Å². The Morgan fingerprint density at radius 2 is 2.04 bits per heavy atom. The van der Waals surface area contributed by atoms with Crippen LogP contribution in [0.25, 0.3) is 5.69 Å². The molecule has 0 bridgehead atoms. The Bertz CT molecular complexity index is 682. The molecular formula is C16H19N5O2. The Balaban J connectivity index is 1.62. The lowest BCUT2D eigenvalue weighted by Crippen LogP contribution is -2.53. The predicted molar refractivity (Wildman–Crippen MR) is 84.8 cm³/mol. The van der Waals surface area contributed by atoms with Gasteiger partial charge < -0.3 is 5.32 Å². The average Bonchev–Trinajstić information content (AvgIpc) is 3.00. The summed E-state index contributed by atoms with van der Waals surface area (Å²) in [7, 11) is 1.87. The normalized spacial score (nSPS) is 15.1. The lowest BCUT2D eigenvalue weighted by Gasteiger charge is -2.29. The molecule has 2 heterocycles. The van der Waals surface area contributed by atoms with E-state index in [1.165, 1.54) is 4.90 Å².